The molecule has 0 aromatic carbocycles. The molecule has 0 radical (unpaired) electrons. The Morgan fingerprint density at radius 3 is 2.53 bits per heavy atom. The fourth-order valence-corrected chi connectivity index (χ4v) is 2.74. The lowest BCUT2D eigenvalue weighted by Gasteiger charge is -2.04. The molecule has 0 aliphatic rings. The molecule has 0 fully saturated rings. The molecule has 17 heavy (non-hydrogen) atoms. The van der Waals surface area contributed by atoms with Crippen LogP contribution in [0, 0.1) is 13.8 Å². The van der Waals surface area contributed by atoms with E-state index in [1.54, 1.807) is 18.5 Å². The van der Waals surface area contributed by atoms with Crippen LogP contribution in [-0.4, -0.2) is 31.4 Å². The molecule has 0 saturated carbocycles. The first-order chi connectivity index (χ1) is 7.88. The van der Waals surface area contributed by atoms with E-state index in [4.69, 9.17) is 9.88 Å². The maximum atomic E-state index is 11.4. The zero-order valence-corrected chi connectivity index (χ0v) is 11.2. The molecule has 1 aromatic heterocycles. The largest absolute Gasteiger partial charge is 0.382 e. The maximum absolute atomic E-state index is 11.4. The average Bonchev–Trinajstić information content (AvgIpc) is 2.48. The molecule has 1 aromatic rings. The van der Waals surface area contributed by atoms with Gasteiger partial charge in [0.15, 0.2) is 0 Å². The Bertz CT molecular complexity index is 479. The van der Waals surface area contributed by atoms with Gasteiger partial charge < -0.3 is 4.74 Å². The summed E-state index contributed by atoms with van der Waals surface area (Å²) in [5, 5.41) is 9.32. The first-order valence-electron chi connectivity index (χ1n) is 5.52. The fraction of sp³-hybridized carbons (Fsp3) is 0.700. The van der Waals surface area contributed by atoms with Crippen LogP contribution in [0.1, 0.15) is 24.7 Å². The molecule has 0 atom stereocenters. The number of hydrogen-bond acceptors (Lipinski definition) is 4. The van der Waals surface area contributed by atoms with Crippen LogP contribution in [0.3, 0.4) is 0 Å². The van der Waals surface area contributed by atoms with Gasteiger partial charge in [-0.3, -0.25) is 4.68 Å². The number of sulfonamides is 1. The lowest BCUT2D eigenvalue weighted by molar-refractivity contribution is 0.140. The smallest absolute Gasteiger partial charge is 0.241 e. The molecular weight excluding hydrogens is 242 g/mol. The van der Waals surface area contributed by atoms with Gasteiger partial charge in [0.05, 0.1) is 11.4 Å². The molecule has 0 saturated heterocycles. The highest BCUT2D eigenvalue weighted by molar-refractivity contribution is 7.89. The highest BCUT2D eigenvalue weighted by Gasteiger charge is 2.20. The van der Waals surface area contributed by atoms with Crippen molar-refractivity contribution in [3.63, 3.8) is 0 Å². The van der Waals surface area contributed by atoms with Crippen LogP contribution >= 0.6 is 0 Å². The van der Waals surface area contributed by atoms with Crippen molar-refractivity contribution in [2.24, 2.45) is 5.14 Å². The third-order valence-electron chi connectivity index (χ3n) is 2.46. The van der Waals surface area contributed by atoms with Gasteiger partial charge in [-0.25, -0.2) is 13.6 Å². The van der Waals surface area contributed by atoms with Gasteiger partial charge in [-0.2, -0.15) is 5.10 Å². The van der Waals surface area contributed by atoms with Crippen molar-refractivity contribution >= 4 is 10.0 Å². The van der Waals surface area contributed by atoms with Crippen molar-refractivity contribution in [1.82, 2.24) is 9.78 Å². The van der Waals surface area contributed by atoms with Gasteiger partial charge in [0.25, 0.3) is 0 Å². The van der Waals surface area contributed by atoms with Crippen molar-refractivity contribution < 1.29 is 13.2 Å². The van der Waals surface area contributed by atoms with Gasteiger partial charge in [-0.05, 0) is 27.2 Å². The quantitative estimate of drug-likeness (QED) is 0.758. The topological polar surface area (TPSA) is 87.2 Å². The summed E-state index contributed by atoms with van der Waals surface area (Å²) in [4.78, 5) is 0.133. The number of rotatable bonds is 6. The highest BCUT2D eigenvalue weighted by atomic mass is 32.2. The van der Waals surface area contributed by atoms with E-state index in [2.05, 4.69) is 5.10 Å². The summed E-state index contributed by atoms with van der Waals surface area (Å²) in [6.45, 7) is 7.23. The Morgan fingerprint density at radius 2 is 2.06 bits per heavy atom. The number of ether oxygens (including phenoxy) is 1. The maximum Gasteiger partial charge on any atom is 0.241 e. The zero-order chi connectivity index (χ0) is 13.1. The third-order valence-corrected chi connectivity index (χ3v) is 3.62. The summed E-state index contributed by atoms with van der Waals surface area (Å²) in [5.41, 5.74) is 1.03. The van der Waals surface area contributed by atoms with E-state index in [0.717, 1.165) is 6.42 Å². The summed E-state index contributed by atoms with van der Waals surface area (Å²) in [7, 11) is -3.69. The van der Waals surface area contributed by atoms with E-state index in [0.29, 0.717) is 31.1 Å². The molecule has 1 rings (SSSR count). The molecule has 0 amide bonds. The molecule has 1 heterocycles. The lowest BCUT2D eigenvalue weighted by atomic mass is 10.4. The number of hydrogen-bond donors (Lipinski definition) is 1. The summed E-state index contributed by atoms with van der Waals surface area (Å²) < 4.78 is 29.6. The SMILES string of the molecule is CCOCCCn1nc(C)c(S(N)(=O)=O)c1C. The van der Waals surface area contributed by atoms with Crippen molar-refractivity contribution in [2.45, 2.75) is 38.6 Å². The van der Waals surface area contributed by atoms with E-state index < -0.39 is 10.0 Å². The molecule has 0 unspecified atom stereocenters. The van der Waals surface area contributed by atoms with Gasteiger partial charge in [-0.1, -0.05) is 0 Å². The summed E-state index contributed by atoms with van der Waals surface area (Å²) in [5.74, 6) is 0. The minimum absolute atomic E-state index is 0.133. The standard InChI is InChI=1S/C10H19N3O3S/c1-4-16-7-5-6-13-9(3)10(8(2)12-13)17(11,14)15/h4-7H2,1-3H3,(H2,11,14,15). The Labute approximate surface area is 102 Å². The number of aryl methyl sites for hydroxylation is 2. The summed E-state index contributed by atoms with van der Waals surface area (Å²) in [6.07, 6.45) is 0.792. The van der Waals surface area contributed by atoms with Gasteiger partial charge in [-0.15, -0.1) is 0 Å². The Kier molecular flexibility index (Phi) is 4.67. The number of primary sulfonamides is 1. The van der Waals surface area contributed by atoms with Gasteiger partial charge in [0, 0.05) is 19.8 Å². The van der Waals surface area contributed by atoms with E-state index in [-0.39, 0.29) is 4.90 Å². The Hall–Kier alpha value is -0.920. The zero-order valence-electron chi connectivity index (χ0n) is 10.4. The van der Waals surface area contributed by atoms with Gasteiger partial charge in [0.2, 0.25) is 10.0 Å². The lowest BCUT2D eigenvalue weighted by Crippen LogP contribution is -2.14. The molecular formula is C10H19N3O3S. The van der Waals surface area contributed by atoms with Crippen LogP contribution in [0.2, 0.25) is 0 Å². The van der Waals surface area contributed by atoms with E-state index in [1.807, 2.05) is 6.92 Å². The molecule has 0 aliphatic heterocycles. The van der Waals surface area contributed by atoms with Crippen molar-refractivity contribution in [3.8, 4) is 0 Å². The van der Waals surface area contributed by atoms with Crippen molar-refractivity contribution in [1.29, 1.82) is 0 Å². The first-order valence-corrected chi connectivity index (χ1v) is 7.07. The number of nitrogens with two attached hydrogens (primary N) is 1. The first kappa shape index (κ1) is 14.1. The van der Waals surface area contributed by atoms with Crippen molar-refractivity contribution in [3.05, 3.63) is 11.4 Å². The molecule has 98 valence electrons. The second-order valence-electron chi connectivity index (χ2n) is 3.82. The minimum Gasteiger partial charge on any atom is -0.382 e. The molecule has 2 N–H and O–H groups in total. The molecule has 0 spiro atoms. The molecule has 7 heteroatoms. The second kappa shape index (κ2) is 5.61. The second-order valence-corrected chi connectivity index (χ2v) is 5.32. The molecule has 6 nitrogen and oxygen atoms in total. The normalized spacial score (nSPS) is 12.0. The van der Waals surface area contributed by atoms with Crippen LogP contribution in [0.5, 0.6) is 0 Å². The average molecular weight is 261 g/mol. The number of nitrogens with zero attached hydrogens (tertiary/aromatic N) is 2. The van der Waals surface area contributed by atoms with Crippen LogP contribution in [0.15, 0.2) is 4.90 Å². The summed E-state index contributed by atoms with van der Waals surface area (Å²) >= 11 is 0. The highest BCUT2D eigenvalue weighted by Crippen LogP contribution is 2.17. The Morgan fingerprint density at radius 1 is 1.41 bits per heavy atom. The summed E-state index contributed by atoms with van der Waals surface area (Å²) in [6, 6.07) is 0. The third kappa shape index (κ3) is 3.52. The van der Waals surface area contributed by atoms with Crippen LogP contribution < -0.4 is 5.14 Å². The van der Waals surface area contributed by atoms with Crippen LogP contribution in [0.25, 0.3) is 0 Å². The monoisotopic (exact) mass is 261 g/mol. The van der Waals surface area contributed by atoms with E-state index in [9.17, 15) is 8.42 Å². The van der Waals surface area contributed by atoms with Gasteiger partial charge >= 0.3 is 0 Å². The molecule has 0 bridgehead atoms. The predicted octanol–water partition coefficient (Wildman–Crippen LogP) is 0.574. The van der Waals surface area contributed by atoms with Crippen molar-refractivity contribution in [2.75, 3.05) is 13.2 Å². The predicted molar refractivity (Wildman–Crippen MR) is 64.2 cm³/mol. The molecule has 0 aliphatic carbocycles. The van der Waals surface area contributed by atoms with Crippen LogP contribution in [-0.2, 0) is 21.3 Å². The van der Waals surface area contributed by atoms with E-state index in [1.165, 1.54) is 0 Å². The Balaban J connectivity index is 2.83. The van der Waals surface area contributed by atoms with Gasteiger partial charge in [0.1, 0.15) is 4.90 Å². The van der Waals surface area contributed by atoms with Crippen LogP contribution in [0.4, 0.5) is 0 Å². The number of aromatic nitrogens is 2. The van der Waals surface area contributed by atoms with E-state index >= 15 is 0 Å². The minimum atomic E-state index is -3.69. The fourth-order valence-electron chi connectivity index (χ4n) is 1.77.